The monoisotopic (exact) mass is 381 g/mol. The molecular weight excluding hydrogens is 365 g/mol. The van der Waals surface area contributed by atoms with Crippen molar-refractivity contribution in [1.29, 1.82) is 0 Å². The van der Waals surface area contributed by atoms with Crippen LogP contribution in [0.2, 0.25) is 5.02 Å². The number of fused-ring (bicyclic) bond motifs is 1. The smallest absolute Gasteiger partial charge is 0.353 e. The topological polar surface area (TPSA) is 88.6 Å². The first-order valence-electron chi connectivity index (χ1n) is 7.52. The van der Waals surface area contributed by atoms with Crippen molar-refractivity contribution in [3.05, 3.63) is 52.5 Å². The van der Waals surface area contributed by atoms with Gasteiger partial charge in [0.05, 0.1) is 11.4 Å². The van der Waals surface area contributed by atoms with Crippen molar-refractivity contribution in [2.45, 2.75) is 12.5 Å². The van der Waals surface area contributed by atoms with Gasteiger partial charge in [0.2, 0.25) is 0 Å². The lowest BCUT2D eigenvalue weighted by Gasteiger charge is -2.24. The first-order chi connectivity index (χ1) is 11.9. The number of hydrogen-bond donors (Lipinski definition) is 2. The number of nitrogens with one attached hydrogen (secondary N) is 1. The van der Waals surface area contributed by atoms with E-state index in [1.54, 1.807) is 37.5 Å². The highest BCUT2D eigenvalue weighted by molar-refractivity contribution is 7.71. The molecule has 1 unspecified atom stereocenters. The van der Waals surface area contributed by atoms with Crippen molar-refractivity contribution in [2.75, 3.05) is 14.2 Å². The van der Waals surface area contributed by atoms with E-state index in [0.717, 1.165) is 0 Å². The zero-order chi connectivity index (χ0) is 18.2. The van der Waals surface area contributed by atoms with Gasteiger partial charge in [0.15, 0.2) is 0 Å². The van der Waals surface area contributed by atoms with E-state index < -0.39 is 13.3 Å². The Balaban J connectivity index is 2.28. The fraction of sp³-hybridized carbons (Fsp3) is 0.235. The highest BCUT2D eigenvalue weighted by atomic mass is 35.5. The Hall–Kier alpha value is -1.85. The van der Waals surface area contributed by atoms with E-state index in [-0.39, 0.29) is 17.1 Å². The van der Waals surface area contributed by atoms with E-state index in [9.17, 15) is 14.5 Å². The van der Waals surface area contributed by atoms with Gasteiger partial charge in [-0.3, -0.25) is 4.57 Å². The average Bonchev–Trinajstić information content (AvgIpc) is 3.00. The number of ether oxygens (including phenoxy) is 1. The molecule has 0 fully saturated rings. The number of halogens is 1. The van der Waals surface area contributed by atoms with Crippen LogP contribution < -0.4 is 5.30 Å². The fourth-order valence-electron chi connectivity index (χ4n) is 2.98. The Morgan fingerprint density at radius 2 is 2.16 bits per heavy atom. The van der Waals surface area contributed by atoms with Crippen molar-refractivity contribution in [1.82, 2.24) is 4.98 Å². The molecule has 8 heteroatoms. The van der Waals surface area contributed by atoms with Gasteiger partial charge >= 0.3 is 5.97 Å². The number of allylic oxidation sites excluding steroid dienone is 2. The molecule has 2 N–H and O–H groups in total. The third kappa shape index (κ3) is 3.07. The number of hydrogen-bond acceptors (Lipinski definition) is 4. The second-order valence-electron chi connectivity index (χ2n) is 5.60. The minimum atomic E-state index is -3.63. The maximum Gasteiger partial charge on any atom is 0.353 e. The molecule has 2 aromatic rings. The molecule has 1 aromatic heterocycles. The lowest BCUT2D eigenvalue weighted by Crippen LogP contribution is -2.19. The Labute approximate surface area is 149 Å². The number of aromatic carboxylic acids is 1. The Bertz CT molecular complexity index is 946. The number of carbonyl (C=O) groups is 1. The van der Waals surface area contributed by atoms with Gasteiger partial charge in [-0.15, -0.1) is 0 Å². The third-order valence-electron chi connectivity index (χ3n) is 4.20. The number of benzene rings is 1. The van der Waals surface area contributed by atoms with Crippen LogP contribution in [0.4, 0.5) is 0 Å². The average molecular weight is 382 g/mol. The highest BCUT2D eigenvalue weighted by Crippen LogP contribution is 2.57. The molecule has 2 atom stereocenters. The molecule has 0 spiro atoms. The summed E-state index contributed by atoms with van der Waals surface area (Å²) in [4.78, 5) is 14.6. The molecule has 0 aliphatic heterocycles. The first kappa shape index (κ1) is 18.0. The van der Waals surface area contributed by atoms with E-state index in [1.165, 1.54) is 7.11 Å². The van der Waals surface area contributed by atoms with Gasteiger partial charge in [-0.2, -0.15) is 0 Å². The van der Waals surface area contributed by atoms with E-state index in [4.69, 9.17) is 20.9 Å². The lowest BCUT2D eigenvalue weighted by molar-refractivity contribution is 0.0692. The molecule has 6 nitrogen and oxygen atoms in total. The third-order valence-corrected chi connectivity index (χ3v) is 7.09. The summed E-state index contributed by atoms with van der Waals surface area (Å²) in [6, 6.07) is 4.88. The Kier molecular flexibility index (Phi) is 4.89. The highest BCUT2D eigenvalue weighted by Gasteiger charge is 2.38. The summed E-state index contributed by atoms with van der Waals surface area (Å²) < 4.78 is 24.5. The molecule has 0 saturated carbocycles. The standard InChI is InChI=1S/C17H17ClNO5P/c1-23-11-4-3-5-12(9-11)25(22,24-2)16-13-8-10(18)6-7-14(13)19-15(16)17(20)21/h3-8,11,19H,9H2,1-2H3,(H,20,21)/t11-,25?/m0/s1. The molecular formula is C17H17ClNO5P. The molecule has 0 saturated heterocycles. The number of rotatable bonds is 5. The first-order valence-corrected chi connectivity index (χ1v) is 9.52. The summed E-state index contributed by atoms with van der Waals surface area (Å²) in [6.45, 7) is 0. The van der Waals surface area contributed by atoms with Crippen LogP contribution in [0.3, 0.4) is 0 Å². The van der Waals surface area contributed by atoms with E-state index in [1.807, 2.05) is 6.08 Å². The lowest BCUT2D eigenvalue weighted by atomic mass is 10.1. The second kappa shape index (κ2) is 6.81. The van der Waals surface area contributed by atoms with Crippen LogP contribution in [0.5, 0.6) is 0 Å². The summed E-state index contributed by atoms with van der Waals surface area (Å²) in [5, 5.41) is 11.1. The van der Waals surface area contributed by atoms with Crippen LogP contribution in [-0.4, -0.2) is 36.4 Å². The van der Waals surface area contributed by atoms with Gasteiger partial charge in [0, 0.05) is 41.9 Å². The Morgan fingerprint density at radius 1 is 1.40 bits per heavy atom. The number of methoxy groups -OCH3 is 1. The number of carboxylic acid groups (broad SMARTS) is 1. The maximum absolute atomic E-state index is 13.8. The molecule has 1 aliphatic rings. The van der Waals surface area contributed by atoms with Crippen molar-refractivity contribution in [3.8, 4) is 0 Å². The van der Waals surface area contributed by atoms with E-state index in [0.29, 0.717) is 27.7 Å². The van der Waals surface area contributed by atoms with Crippen LogP contribution in [0.25, 0.3) is 10.9 Å². The molecule has 132 valence electrons. The van der Waals surface area contributed by atoms with Gasteiger partial charge in [-0.05, 0) is 18.2 Å². The number of carboxylic acids is 1. The van der Waals surface area contributed by atoms with E-state index in [2.05, 4.69) is 4.98 Å². The zero-order valence-corrected chi connectivity index (χ0v) is 15.3. The van der Waals surface area contributed by atoms with Gasteiger partial charge in [-0.25, -0.2) is 4.79 Å². The van der Waals surface area contributed by atoms with Crippen LogP contribution in [0.15, 0.2) is 41.7 Å². The van der Waals surface area contributed by atoms with Crippen molar-refractivity contribution >= 4 is 41.1 Å². The SMILES string of the molecule is CO[C@H]1C=CC=C(P(=O)(OC)c2c(C(=O)O)[nH]c3ccc(Cl)cc23)C1. The maximum atomic E-state index is 13.8. The van der Waals surface area contributed by atoms with Crippen LogP contribution >= 0.6 is 19.0 Å². The second-order valence-corrected chi connectivity index (χ2v) is 8.53. The minimum Gasteiger partial charge on any atom is -0.477 e. The van der Waals surface area contributed by atoms with Crippen molar-refractivity contribution < 1.29 is 23.7 Å². The fourth-order valence-corrected chi connectivity index (χ4v) is 5.50. The molecule has 1 heterocycles. The van der Waals surface area contributed by atoms with Crippen molar-refractivity contribution in [2.24, 2.45) is 0 Å². The quantitative estimate of drug-likeness (QED) is 0.766. The van der Waals surface area contributed by atoms with E-state index >= 15 is 0 Å². The summed E-state index contributed by atoms with van der Waals surface area (Å²) in [5.41, 5.74) is 0.371. The van der Waals surface area contributed by atoms with Gasteiger partial charge < -0.3 is 19.4 Å². The summed E-state index contributed by atoms with van der Waals surface area (Å²) in [5.74, 6) is -1.21. The van der Waals surface area contributed by atoms with Gasteiger partial charge in [0.1, 0.15) is 5.69 Å². The molecule has 0 bridgehead atoms. The van der Waals surface area contributed by atoms with Gasteiger partial charge in [0.25, 0.3) is 7.37 Å². The predicted octanol–water partition coefficient (Wildman–Crippen LogP) is 3.93. The normalized spacial score (nSPS) is 19.6. The summed E-state index contributed by atoms with van der Waals surface area (Å²) >= 11 is 6.07. The minimum absolute atomic E-state index is 0.122. The molecule has 3 rings (SSSR count). The predicted molar refractivity (Wildman–Crippen MR) is 97.2 cm³/mol. The van der Waals surface area contributed by atoms with Crippen LogP contribution in [0.1, 0.15) is 16.9 Å². The van der Waals surface area contributed by atoms with Gasteiger partial charge in [-0.1, -0.05) is 29.8 Å². The molecule has 0 radical (unpaired) electrons. The zero-order valence-electron chi connectivity index (χ0n) is 13.7. The summed E-state index contributed by atoms with van der Waals surface area (Å²) in [7, 11) is -0.753. The number of H-pyrrole nitrogens is 1. The molecule has 1 aromatic carbocycles. The number of aromatic nitrogens is 1. The van der Waals surface area contributed by atoms with Crippen LogP contribution in [-0.2, 0) is 13.8 Å². The van der Waals surface area contributed by atoms with Crippen molar-refractivity contribution in [3.63, 3.8) is 0 Å². The molecule has 1 aliphatic carbocycles. The molecule has 0 amide bonds. The van der Waals surface area contributed by atoms with Crippen LogP contribution in [0, 0.1) is 0 Å². The number of aromatic amines is 1. The molecule has 25 heavy (non-hydrogen) atoms. The summed E-state index contributed by atoms with van der Waals surface area (Å²) in [6.07, 6.45) is 5.37. The largest absolute Gasteiger partial charge is 0.477 e. The Morgan fingerprint density at radius 3 is 2.80 bits per heavy atom.